The number of nitrogens with one attached hydrogen (secondary N) is 1. The van der Waals surface area contributed by atoms with Gasteiger partial charge in [0.25, 0.3) is 0 Å². The molecule has 494 valence electrons. The lowest BCUT2D eigenvalue weighted by Crippen LogP contribution is -2.66. The fraction of sp³-hybridized carbons (Fsp3) is 0.662. The van der Waals surface area contributed by atoms with Crippen LogP contribution < -0.4 is 5.32 Å². The van der Waals surface area contributed by atoms with Crippen molar-refractivity contribution in [1.29, 1.82) is 0 Å². The first-order valence-electron chi connectivity index (χ1n) is 31.9. The summed E-state index contributed by atoms with van der Waals surface area (Å²) in [5.74, 6) is -0.351. The molecule has 0 saturated carbocycles. The van der Waals surface area contributed by atoms with E-state index in [1.807, 2.05) is 18.2 Å². The van der Waals surface area contributed by atoms with E-state index < -0.39 is 131 Å². The number of allylic oxidation sites excluding steroid dienone is 21. The van der Waals surface area contributed by atoms with E-state index in [9.17, 15) is 61.0 Å². The topological polar surface area (TPSA) is 307 Å². The number of aliphatic hydroxyl groups is 11. The molecule has 1 amide bonds. The molecule has 3 fully saturated rings. The van der Waals surface area contributed by atoms with Gasteiger partial charge >= 0.3 is 0 Å². The van der Waals surface area contributed by atoms with Crippen LogP contribution in [-0.2, 0) is 33.2 Å². The van der Waals surface area contributed by atoms with Crippen LogP contribution in [0.1, 0.15) is 155 Å². The average Bonchev–Trinajstić information content (AvgIpc) is 1.69. The summed E-state index contributed by atoms with van der Waals surface area (Å²) in [5, 5.41) is 120. The van der Waals surface area contributed by atoms with Gasteiger partial charge in [0.05, 0.1) is 38.6 Å². The van der Waals surface area contributed by atoms with Gasteiger partial charge in [0, 0.05) is 6.42 Å². The van der Waals surface area contributed by atoms with Crippen LogP contribution in [0.4, 0.5) is 0 Å². The van der Waals surface area contributed by atoms with Crippen LogP contribution in [0.25, 0.3) is 0 Å². The second-order valence-electron chi connectivity index (χ2n) is 22.1. The average molecular weight is 1230 g/mol. The van der Waals surface area contributed by atoms with Crippen molar-refractivity contribution in [2.75, 3.05) is 26.4 Å². The van der Waals surface area contributed by atoms with Gasteiger partial charge in [0.2, 0.25) is 5.91 Å². The first kappa shape index (κ1) is 77.2. The summed E-state index contributed by atoms with van der Waals surface area (Å²) in [5.41, 5.74) is 0. The van der Waals surface area contributed by atoms with Gasteiger partial charge in [-0.05, 0) is 96.3 Å². The molecule has 19 heteroatoms. The van der Waals surface area contributed by atoms with Crippen LogP contribution >= 0.6 is 0 Å². The first-order valence-corrected chi connectivity index (χ1v) is 31.9. The second-order valence-corrected chi connectivity index (χ2v) is 22.1. The summed E-state index contributed by atoms with van der Waals surface area (Å²) < 4.78 is 34.2. The summed E-state index contributed by atoms with van der Waals surface area (Å²) in [6.45, 7) is 1.50. The molecule has 0 aromatic carbocycles. The van der Waals surface area contributed by atoms with Crippen LogP contribution in [0.15, 0.2) is 134 Å². The fourth-order valence-corrected chi connectivity index (χ4v) is 9.73. The maximum absolute atomic E-state index is 13.3. The van der Waals surface area contributed by atoms with Gasteiger partial charge in [-0.15, -0.1) is 0 Å². The Hall–Kier alpha value is -4.07. The van der Waals surface area contributed by atoms with Crippen molar-refractivity contribution in [1.82, 2.24) is 5.32 Å². The van der Waals surface area contributed by atoms with Crippen molar-refractivity contribution in [3.63, 3.8) is 0 Å². The van der Waals surface area contributed by atoms with Crippen molar-refractivity contribution in [3.8, 4) is 0 Å². The molecule has 3 heterocycles. The zero-order chi connectivity index (χ0) is 63.3. The van der Waals surface area contributed by atoms with Crippen LogP contribution in [0.5, 0.6) is 0 Å². The fourth-order valence-electron chi connectivity index (χ4n) is 9.73. The number of amides is 1. The minimum atomic E-state index is -1.99. The van der Waals surface area contributed by atoms with E-state index in [4.69, 9.17) is 28.4 Å². The van der Waals surface area contributed by atoms with Crippen LogP contribution in [-0.4, -0.2) is 193 Å². The van der Waals surface area contributed by atoms with Crippen LogP contribution in [0, 0.1) is 0 Å². The summed E-state index contributed by atoms with van der Waals surface area (Å²) in [4.78, 5) is 13.3. The van der Waals surface area contributed by atoms with Gasteiger partial charge in [-0.2, -0.15) is 0 Å². The third-order valence-corrected chi connectivity index (χ3v) is 14.9. The molecule has 12 N–H and O–H groups in total. The van der Waals surface area contributed by atoms with Gasteiger partial charge in [0.15, 0.2) is 18.9 Å². The molecule has 87 heavy (non-hydrogen) atoms. The molecule has 0 radical (unpaired) electrons. The van der Waals surface area contributed by atoms with Crippen LogP contribution in [0.3, 0.4) is 0 Å². The highest BCUT2D eigenvalue weighted by molar-refractivity contribution is 5.76. The molecule has 3 aliphatic heterocycles. The minimum absolute atomic E-state index is 0.145. The van der Waals surface area contributed by atoms with Crippen molar-refractivity contribution < 1.29 is 89.4 Å². The molecule has 3 saturated heterocycles. The standard InChI is InChI=1S/C68H109NO18/c1-3-5-7-9-11-13-15-17-18-19-20-21-22-23-24-25-26-27-28-29-30-31-32-34-36-38-40-42-44-46-56(74)69-51(52(73)45-43-41-39-37-35-33-16-14-12-10-8-6-4-2)50-82-66-62(80)59(77)64(54(48-71)84-66)87-68-63(81)60(78)65(55(49-72)85-68)86-67-61(79)58(76)57(75)53(47-70)83-67/h5,7,11,13,17-18,20-21,23-24,26-27,29-30,32,34-35,37-38,40,43,45,51-55,57-68,70-73,75-81H,3-4,6,8-10,12,14-16,19,22,25,28,31,33,36,39,41-42,44,46-50H2,1-2H3,(H,69,74)/b7-5-,13-11-,18-17-,21-20-,24-23-,27-26-,30-29-,34-32-,37-35+,40-38-,45-43+. The molecular formula is C68H109NO18. The third-order valence-electron chi connectivity index (χ3n) is 14.9. The van der Waals surface area contributed by atoms with Crippen LogP contribution in [0.2, 0.25) is 0 Å². The Labute approximate surface area is 518 Å². The smallest absolute Gasteiger partial charge is 0.220 e. The quantitative estimate of drug-likeness (QED) is 0.0215. The number of aliphatic hydroxyl groups excluding tert-OH is 11. The molecule has 0 aromatic rings. The van der Waals surface area contributed by atoms with Crippen molar-refractivity contribution in [2.24, 2.45) is 0 Å². The lowest BCUT2D eigenvalue weighted by Gasteiger charge is -2.48. The Bertz CT molecular complexity index is 2100. The predicted molar refractivity (Wildman–Crippen MR) is 336 cm³/mol. The lowest BCUT2D eigenvalue weighted by atomic mass is 9.96. The molecular weight excluding hydrogens is 1120 g/mol. The number of carbonyl (C=O) groups excluding carboxylic acids is 1. The van der Waals surface area contributed by atoms with Gasteiger partial charge in [-0.1, -0.05) is 186 Å². The van der Waals surface area contributed by atoms with Crippen molar-refractivity contribution in [2.45, 2.75) is 259 Å². The molecule has 0 spiro atoms. The van der Waals surface area contributed by atoms with Gasteiger partial charge < -0.3 is 89.9 Å². The van der Waals surface area contributed by atoms with Gasteiger partial charge in [-0.3, -0.25) is 4.79 Å². The highest BCUT2D eigenvalue weighted by Gasteiger charge is 2.53. The highest BCUT2D eigenvalue weighted by atomic mass is 16.8. The monoisotopic (exact) mass is 1230 g/mol. The Kier molecular flexibility index (Phi) is 43.2. The van der Waals surface area contributed by atoms with E-state index in [0.29, 0.717) is 19.3 Å². The van der Waals surface area contributed by atoms with Crippen molar-refractivity contribution in [3.05, 3.63) is 134 Å². The first-order chi connectivity index (χ1) is 42.3. The number of carbonyl (C=O) groups is 1. The Morgan fingerprint density at radius 2 is 0.805 bits per heavy atom. The van der Waals surface area contributed by atoms with E-state index in [0.717, 1.165) is 77.0 Å². The van der Waals surface area contributed by atoms with Crippen molar-refractivity contribution >= 4 is 5.91 Å². The number of hydrogen-bond donors (Lipinski definition) is 12. The molecule has 17 unspecified atom stereocenters. The Balaban J connectivity index is 1.47. The van der Waals surface area contributed by atoms with E-state index in [1.165, 1.54) is 38.5 Å². The minimum Gasteiger partial charge on any atom is -0.394 e. The predicted octanol–water partition coefficient (Wildman–Crippen LogP) is 7.04. The molecule has 0 aliphatic carbocycles. The zero-order valence-corrected chi connectivity index (χ0v) is 51.7. The molecule has 19 nitrogen and oxygen atoms in total. The lowest BCUT2D eigenvalue weighted by molar-refractivity contribution is -0.379. The molecule has 3 aliphatic rings. The van der Waals surface area contributed by atoms with Gasteiger partial charge in [-0.25, -0.2) is 0 Å². The zero-order valence-electron chi connectivity index (χ0n) is 51.7. The molecule has 3 rings (SSSR count). The van der Waals surface area contributed by atoms with E-state index in [1.54, 1.807) is 6.08 Å². The van der Waals surface area contributed by atoms with Gasteiger partial charge in [0.1, 0.15) is 73.2 Å². The SMILES string of the molecule is CC/C=C\C/C=C\C/C=C\C/C=C\C/C=C\C/C=C\C/C=C\C/C=C\C/C=C\CCCC(=O)NC(COC1OC(CO)C(OC2OC(CO)C(OC3OC(CO)C(O)C(O)C3O)C(O)C2O)C(O)C1O)C(O)/C=C/CC/C=C/CCCCCCCCC. The van der Waals surface area contributed by atoms with E-state index in [-0.39, 0.29) is 12.3 Å². The number of hydrogen-bond acceptors (Lipinski definition) is 18. The number of rotatable bonds is 45. The summed E-state index contributed by atoms with van der Waals surface area (Å²) in [7, 11) is 0. The maximum Gasteiger partial charge on any atom is 0.220 e. The largest absolute Gasteiger partial charge is 0.394 e. The third kappa shape index (κ3) is 31.5. The van der Waals surface area contributed by atoms with E-state index >= 15 is 0 Å². The Morgan fingerprint density at radius 1 is 0.425 bits per heavy atom. The molecule has 0 aromatic heterocycles. The number of ether oxygens (including phenoxy) is 6. The normalized spacial score (nSPS) is 29.5. The Morgan fingerprint density at radius 3 is 1.29 bits per heavy atom. The van der Waals surface area contributed by atoms with E-state index in [2.05, 4.69) is 129 Å². The second kappa shape index (κ2) is 48.7. The summed E-state index contributed by atoms with van der Waals surface area (Å²) in [6.07, 6.45) is 40.1. The summed E-state index contributed by atoms with van der Waals surface area (Å²) in [6, 6.07) is -1.03. The highest BCUT2D eigenvalue weighted by Crippen LogP contribution is 2.33. The summed E-state index contributed by atoms with van der Waals surface area (Å²) >= 11 is 0. The number of unbranched alkanes of at least 4 members (excludes halogenated alkanes) is 9. The molecule has 0 bridgehead atoms. The maximum atomic E-state index is 13.3. The molecule has 17 atom stereocenters.